The molecule has 1 aliphatic heterocycles. The number of urea groups is 1. The van der Waals surface area contributed by atoms with Crippen LogP contribution in [0.5, 0.6) is 0 Å². The maximum atomic E-state index is 11.9. The molecule has 124 valence electrons. The Balaban J connectivity index is 0.000000745. The van der Waals surface area contributed by atoms with Gasteiger partial charge in [-0.3, -0.25) is 9.48 Å². The highest BCUT2D eigenvalue weighted by atomic mass is 16.3. The van der Waals surface area contributed by atoms with Crippen molar-refractivity contribution < 1.29 is 14.7 Å². The van der Waals surface area contributed by atoms with Crippen molar-refractivity contribution in [2.24, 2.45) is 0 Å². The average Bonchev–Trinajstić information content (AvgIpc) is 3.05. The molecular weight excluding hydrogens is 288 g/mol. The first-order chi connectivity index (χ1) is 10.7. The van der Waals surface area contributed by atoms with Gasteiger partial charge < -0.3 is 20.2 Å². The molecule has 2 heterocycles. The molecule has 0 radical (unpaired) electrons. The molecule has 1 aliphatic rings. The predicted octanol–water partition coefficient (Wildman–Crippen LogP) is -0.284. The van der Waals surface area contributed by atoms with E-state index in [-0.39, 0.29) is 12.5 Å². The third kappa shape index (κ3) is 6.53. The Morgan fingerprint density at radius 3 is 2.59 bits per heavy atom. The van der Waals surface area contributed by atoms with Crippen molar-refractivity contribution in [2.75, 3.05) is 39.3 Å². The second-order valence-electron chi connectivity index (χ2n) is 4.78. The van der Waals surface area contributed by atoms with Gasteiger partial charge in [0.2, 0.25) is 0 Å². The van der Waals surface area contributed by atoms with Crippen molar-refractivity contribution in [2.45, 2.75) is 19.9 Å². The van der Waals surface area contributed by atoms with Crippen LogP contribution in [-0.2, 0) is 11.3 Å². The van der Waals surface area contributed by atoms with E-state index >= 15 is 0 Å². The molecule has 2 amide bonds. The molecule has 2 N–H and O–H groups in total. The number of piperazine rings is 1. The largest absolute Gasteiger partial charge is 0.483 e. The van der Waals surface area contributed by atoms with Gasteiger partial charge in [-0.15, -0.1) is 5.10 Å². The summed E-state index contributed by atoms with van der Waals surface area (Å²) in [6.07, 6.45) is 4.35. The van der Waals surface area contributed by atoms with Crippen LogP contribution in [0.15, 0.2) is 12.4 Å². The van der Waals surface area contributed by atoms with Crippen molar-refractivity contribution >= 4 is 12.5 Å². The zero-order valence-corrected chi connectivity index (χ0v) is 12.9. The topological polar surface area (TPSA) is 104 Å². The second-order valence-corrected chi connectivity index (χ2v) is 4.78. The van der Waals surface area contributed by atoms with Gasteiger partial charge in [-0.05, 0) is 13.0 Å². The van der Waals surface area contributed by atoms with E-state index in [1.807, 2.05) is 11.1 Å². The molecule has 1 aromatic rings. The summed E-state index contributed by atoms with van der Waals surface area (Å²) in [5, 5.41) is 17.5. The quantitative estimate of drug-likeness (QED) is 0.572. The molecule has 2 rings (SSSR count). The fourth-order valence-electron chi connectivity index (χ4n) is 2.17. The van der Waals surface area contributed by atoms with Gasteiger partial charge in [0, 0.05) is 45.5 Å². The second kappa shape index (κ2) is 10.6. The van der Waals surface area contributed by atoms with E-state index in [1.54, 1.807) is 10.9 Å². The zero-order valence-electron chi connectivity index (χ0n) is 12.9. The minimum Gasteiger partial charge on any atom is -0.483 e. The number of carbonyl (C=O) groups is 2. The first-order valence-corrected chi connectivity index (χ1v) is 7.38. The van der Waals surface area contributed by atoms with E-state index in [4.69, 9.17) is 9.90 Å². The summed E-state index contributed by atoms with van der Waals surface area (Å²) >= 11 is 0. The van der Waals surface area contributed by atoms with E-state index in [0.717, 1.165) is 45.7 Å². The molecule has 9 heteroatoms. The van der Waals surface area contributed by atoms with Gasteiger partial charge in [0.1, 0.15) is 0 Å². The molecule has 0 unspecified atom stereocenters. The highest BCUT2D eigenvalue weighted by molar-refractivity contribution is 5.74. The molecule has 0 atom stereocenters. The van der Waals surface area contributed by atoms with Crippen LogP contribution in [0.1, 0.15) is 13.3 Å². The van der Waals surface area contributed by atoms with Gasteiger partial charge in [0.15, 0.2) is 0 Å². The smallest absolute Gasteiger partial charge is 0.317 e. The van der Waals surface area contributed by atoms with Crippen LogP contribution >= 0.6 is 0 Å². The summed E-state index contributed by atoms with van der Waals surface area (Å²) in [5.41, 5.74) is 0. The number of nitrogens with one attached hydrogen (secondary N) is 1. The van der Waals surface area contributed by atoms with E-state index < -0.39 is 0 Å². The number of likely N-dealkylation sites (N-methyl/N-ethyl adjacent to an activating group) is 1. The summed E-state index contributed by atoms with van der Waals surface area (Å²) in [7, 11) is 0. The third-order valence-corrected chi connectivity index (χ3v) is 3.42. The molecule has 1 aromatic heterocycles. The number of hydrogen-bond donors (Lipinski definition) is 2. The van der Waals surface area contributed by atoms with Crippen LogP contribution < -0.4 is 5.32 Å². The lowest BCUT2D eigenvalue weighted by molar-refractivity contribution is -0.122. The molecule has 0 aromatic carbocycles. The van der Waals surface area contributed by atoms with Crippen LogP contribution in [-0.4, -0.2) is 81.7 Å². The Hall–Kier alpha value is -2.16. The number of hydrogen-bond acceptors (Lipinski definition) is 5. The number of nitrogens with zero attached hydrogens (tertiary/aromatic N) is 5. The number of aryl methyl sites for hydroxylation is 1. The molecule has 0 spiro atoms. The Kier molecular flexibility index (Phi) is 8.58. The predicted molar refractivity (Wildman–Crippen MR) is 80.4 cm³/mol. The fourth-order valence-corrected chi connectivity index (χ4v) is 2.17. The van der Waals surface area contributed by atoms with Crippen molar-refractivity contribution in [3.05, 3.63) is 12.4 Å². The number of carboxylic acid groups (broad SMARTS) is 1. The normalized spacial score (nSPS) is 14.9. The van der Waals surface area contributed by atoms with Gasteiger partial charge in [-0.2, -0.15) is 0 Å². The molecule has 9 nitrogen and oxygen atoms in total. The van der Waals surface area contributed by atoms with Crippen LogP contribution in [0.3, 0.4) is 0 Å². The first-order valence-electron chi connectivity index (χ1n) is 7.38. The summed E-state index contributed by atoms with van der Waals surface area (Å²) in [6.45, 7) is 8.01. The van der Waals surface area contributed by atoms with E-state index in [2.05, 4.69) is 27.5 Å². The SMILES string of the molecule is CCN1CCN(C(=O)NCCCn2ccnn2)CC1.O=CO. The van der Waals surface area contributed by atoms with E-state index in [9.17, 15) is 4.79 Å². The van der Waals surface area contributed by atoms with Crippen LogP contribution in [0, 0.1) is 0 Å². The Bertz CT molecular complexity index is 417. The number of carbonyl (C=O) groups excluding carboxylic acids is 1. The van der Waals surface area contributed by atoms with Gasteiger partial charge >= 0.3 is 6.03 Å². The lowest BCUT2D eigenvalue weighted by atomic mass is 10.3. The Morgan fingerprint density at radius 1 is 1.36 bits per heavy atom. The molecule has 0 bridgehead atoms. The number of amides is 2. The zero-order chi connectivity index (χ0) is 16.2. The summed E-state index contributed by atoms with van der Waals surface area (Å²) in [4.78, 5) is 24.5. The molecular formula is C13H24N6O3. The van der Waals surface area contributed by atoms with Crippen LogP contribution in [0.2, 0.25) is 0 Å². The van der Waals surface area contributed by atoms with E-state index in [0.29, 0.717) is 6.54 Å². The lowest BCUT2D eigenvalue weighted by Crippen LogP contribution is -2.51. The van der Waals surface area contributed by atoms with Crippen molar-refractivity contribution in [3.8, 4) is 0 Å². The molecule has 1 fully saturated rings. The van der Waals surface area contributed by atoms with Gasteiger partial charge in [-0.25, -0.2) is 4.79 Å². The molecule has 0 saturated carbocycles. The van der Waals surface area contributed by atoms with Gasteiger partial charge in [0.25, 0.3) is 6.47 Å². The average molecular weight is 312 g/mol. The Labute approximate surface area is 129 Å². The number of aromatic nitrogens is 3. The number of rotatable bonds is 5. The minimum atomic E-state index is -0.250. The van der Waals surface area contributed by atoms with Crippen LogP contribution in [0.4, 0.5) is 4.79 Å². The maximum Gasteiger partial charge on any atom is 0.317 e. The fraction of sp³-hybridized carbons (Fsp3) is 0.692. The summed E-state index contributed by atoms with van der Waals surface area (Å²) in [5.74, 6) is 0. The van der Waals surface area contributed by atoms with Gasteiger partial charge in [-0.1, -0.05) is 12.1 Å². The molecule has 1 saturated heterocycles. The maximum absolute atomic E-state index is 11.9. The standard InChI is InChI=1S/C12H22N6O.CH2O2/c1-2-16-8-10-17(11-9-16)12(19)13-4-3-6-18-7-5-14-15-18;2-1-3/h5,7H,2-4,6,8-11H2,1H3,(H,13,19);1H,(H,2,3). The highest BCUT2D eigenvalue weighted by Gasteiger charge is 2.19. The summed E-state index contributed by atoms with van der Waals surface area (Å²) in [6, 6.07) is 0.0503. The minimum absolute atomic E-state index is 0.0503. The summed E-state index contributed by atoms with van der Waals surface area (Å²) < 4.78 is 1.77. The van der Waals surface area contributed by atoms with Crippen molar-refractivity contribution in [3.63, 3.8) is 0 Å². The third-order valence-electron chi connectivity index (χ3n) is 3.42. The first kappa shape index (κ1) is 17.9. The lowest BCUT2D eigenvalue weighted by Gasteiger charge is -2.34. The highest BCUT2D eigenvalue weighted by Crippen LogP contribution is 2.01. The van der Waals surface area contributed by atoms with E-state index in [1.165, 1.54) is 0 Å². The molecule has 22 heavy (non-hydrogen) atoms. The van der Waals surface area contributed by atoms with Crippen molar-refractivity contribution in [1.29, 1.82) is 0 Å². The van der Waals surface area contributed by atoms with Gasteiger partial charge in [0.05, 0.1) is 6.20 Å². The molecule has 0 aliphatic carbocycles. The Morgan fingerprint density at radius 2 is 2.05 bits per heavy atom. The monoisotopic (exact) mass is 312 g/mol. The van der Waals surface area contributed by atoms with Crippen molar-refractivity contribution in [1.82, 2.24) is 30.1 Å². The van der Waals surface area contributed by atoms with Crippen LogP contribution in [0.25, 0.3) is 0 Å².